The molecule has 0 aliphatic carbocycles. The Labute approximate surface area is 301 Å². The van der Waals surface area contributed by atoms with E-state index in [1.54, 1.807) is 73.8 Å². The predicted octanol–water partition coefficient (Wildman–Crippen LogP) is 7.66. The van der Waals surface area contributed by atoms with Crippen LogP contribution in [0.1, 0.15) is 51.6 Å². The highest BCUT2D eigenvalue weighted by atomic mass is 35.5. The zero-order valence-corrected chi connectivity index (χ0v) is 29.2. The lowest BCUT2D eigenvalue weighted by atomic mass is 9.86. The molecule has 0 spiro atoms. The fourth-order valence-corrected chi connectivity index (χ4v) is 6.99. The number of halogens is 2. The van der Waals surface area contributed by atoms with Crippen LogP contribution in [0.25, 0.3) is 0 Å². The number of fused-ring (bicyclic) bond motifs is 3. The maximum absolute atomic E-state index is 13.7. The van der Waals surface area contributed by atoms with Crippen LogP contribution in [-0.2, 0) is 22.4 Å². The van der Waals surface area contributed by atoms with Gasteiger partial charge in [-0.3, -0.25) is 14.8 Å². The number of aromatic nitrogens is 1. The van der Waals surface area contributed by atoms with Crippen molar-refractivity contribution in [1.29, 1.82) is 5.26 Å². The van der Waals surface area contributed by atoms with E-state index in [2.05, 4.69) is 16.0 Å². The molecule has 0 saturated carbocycles. The number of piperidine rings is 3. The number of methoxy groups -OCH3 is 2. The molecule has 1 amide bonds. The first-order valence-corrected chi connectivity index (χ1v) is 17.0. The van der Waals surface area contributed by atoms with Gasteiger partial charge in [0, 0.05) is 31.0 Å². The van der Waals surface area contributed by atoms with E-state index in [1.165, 1.54) is 24.4 Å². The van der Waals surface area contributed by atoms with Crippen LogP contribution in [0.3, 0.4) is 0 Å². The Morgan fingerprint density at radius 2 is 1.70 bits per heavy atom. The molecule has 3 saturated heterocycles. The molecule has 10 nitrogen and oxygen atoms in total. The highest BCUT2D eigenvalue weighted by molar-refractivity contribution is 6.35. The maximum atomic E-state index is 13.7. The fraction of sp³-hybridized carbons (Fsp3) is 0.316. The van der Waals surface area contributed by atoms with Crippen LogP contribution >= 0.6 is 23.2 Å². The van der Waals surface area contributed by atoms with Gasteiger partial charge in [-0.25, -0.2) is 9.59 Å². The number of esters is 1. The number of rotatable bonds is 11. The van der Waals surface area contributed by atoms with Gasteiger partial charge in [-0.1, -0.05) is 47.5 Å². The van der Waals surface area contributed by atoms with E-state index in [9.17, 15) is 14.9 Å². The molecule has 7 rings (SSSR count). The Balaban J connectivity index is 1.22. The van der Waals surface area contributed by atoms with E-state index in [-0.39, 0.29) is 19.1 Å². The molecule has 0 N–H and O–H groups in total. The summed E-state index contributed by atoms with van der Waals surface area (Å²) in [7, 11) is 3.07. The van der Waals surface area contributed by atoms with Crippen molar-refractivity contribution in [3.05, 3.63) is 117 Å². The number of anilines is 1. The number of nitrogens with zero attached hydrogens (tertiary/aromatic N) is 4. The third kappa shape index (κ3) is 7.97. The summed E-state index contributed by atoms with van der Waals surface area (Å²) >= 11 is 12.9. The minimum atomic E-state index is -0.788. The minimum Gasteiger partial charge on any atom is -0.493 e. The highest BCUT2D eigenvalue weighted by Crippen LogP contribution is 2.36. The van der Waals surface area contributed by atoms with E-state index in [0.717, 1.165) is 38.0 Å². The average Bonchev–Trinajstić information content (AvgIpc) is 3.15. The molecule has 2 bridgehead atoms. The Bertz CT molecular complexity index is 1870. The second-order valence-electron chi connectivity index (χ2n) is 12.3. The number of carbonyl (C=O) groups is 2. The lowest BCUT2D eigenvalue weighted by Gasteiger charge is -2.44. The summed E-state index contributed by atoms with van der Waals surface area (Å²) < 4.78 is 23.0. The second-order valence-corrected chi connectivity index (χ2v) is 13.1. The number of benzene rings is 3. The molecule has 3 fully saturated rings. The third-order valence-corrected chi connectivity index (χ3v) is 9.91. The molecular formula is C38H36Cl2N4O6. The number of nitriles is 1. The maximum Gasteiger partial charge on any atom is 0.414 e. The first-order valence-electron chi connectivity index (χ1n) is 16.3. The third-order valence-electron chi connectivity index (χ3n) is 9.26. The number of hydrogen-bond donors (Lipinski definition) is 0. The van der Waals surface area contributed by atoms with Crippen LogP contribution in [0.4, 0.5) is 10.5 Å². The largest absolute Gasteiger partial charge is 0.493 e. The van der Waals surface area contributed by atoms with E-state index >= 15 is 0 Å². The van der Waals surface area contributed by atoms with Gasteiger partial charge >= 0.3 is 12.1 Å². The molecule has 0 unspecified atom stereocenters. The molecule has 1 aromatic heterocycles. The summed E-state index contributed by atoms with van der Waals surface area (Å²) in [6.07, 6.45) is 3.72. The minimum absolute atomic E-state index is 0.164. The van der Waals surface area contributed by atoms with Gasteiger partial charge in [0.25, 0.3) is 0 Å². The van der Waals surface area contributed by atoms with Gasteiger partial charge in [-0.2, -0.15) is 5.26 Å². The first-order chi connectivity index (χ1) is 24.3. The van der Waals surface area contributed by atoms with Gasteiger partial charge in [-0.15, -0.1) is 0 Å². The lowest BCUT2D eigenvalue weighted by molar-refractivity contribution is -0.0311. The molecule has 12 heteroatoms. The molecule has 3 aromatic carbocycles. The number of pyridine rings is 1. The van der Waals surface area contributed by atoms with Crippen molar-refractivity contribution in [2.45, 2.75) is 38.0 Å². The Kier molecular flexibility index (Phi) is 11.1. The van der Waals surface area contributed by atoms with Crippen molar-refractivity contribution < 1.29 is 28.5 Å². The van der Waals surface area contributed by atoms with Crippen molar-refractivity contribution in [3.8, 4) is 17.6 Å². The van der Waals surface area contributed by atoms with Gasteiger partial charge < -0.3 is 18.9 Å². The molecule has 3 aliphatic rings. The van der Waals surface area contributed by atoms with E-state index in [4.69, 9.17) is 42.1 Å². The predicted molar refractivity (Wildman–Crippen MR) is 189 cm³/mol. The fourth-order valence-electron chi connectivity index (χ4n) is 6.47. The first kappa shape index (κ1) is 35.0. The van der Waals surface area contributed by atoms with E-state index in [0.29, 0.717) is 55.4 Å². The van der Waals surface area contributed by atoms with Gasteiger partial charge in [-0.05, 0) is 91.0 Å². The summed E-state index contributed by atoms with van der Waals surface area (Å²) in [4.78, 5) is 35.2. The smallest absolute Gasteiger partial charge is 0.414 e. The zero-order chi connectivity index (χ0) is 35.2. The van der Waals surface area contributed by atoms with Crippen LogP contribution < -0.4 is 14.4 Å². The van der Waals surface area contributed by atoms with Crippen molar-refractivity contribution in [1.82, 2.24) is 9.88 Å². The number of amides is 1. The van der Waals surface area contributed by atoms with E-state index in [1.807, 2.05) is 0 Å². The Hall–Kier alpha value is -4.82. The lowest BCUT2D eigenvalue weighted by Crippen LogP contribution is -2.53. The van der Waals surface area contributed by atoms with Crippen LogP contribution in [0, 0.1) is 17.2 Å². The summed E-state index contributed by atoms with van der Waals surface area (Å²) in [5.41, 5.74) is 3.26. The summed E-state index contributed by atoms with van der Waals surface area (Å²) in [6.45, 7) is 2.95. The summed E-state index contributed by atoms with van der Waals surface area (Å²) in [5.74, 6) is 0.769. The number of hydrogen-bond acceptors (Lipinski definition) is 9. The quantitative estimate of drug-likeness (QED) is 0.145. The summed E-state index contributed by atoms with van der Waals surface area (Å²) in [5, 5.41) is 10.2. The van der Waals surface area contributed by atoms with Gasteiger partial charge in [0.15, 0.2) is 11.5 Å². The molecule has 4 aromatic rings. The van der Waals surface area contributed by atoms with Crippen LogP contribution in [-0.4, -0.2) is 61.9 Å². The van der Waals surface area contributed by atoms with E-state index < -0.39 is 18.2 Å². The molecule has 258 valence electrons. The van der Waals surface area contributed by atoms with Crippen LogP contribution in [0.15, 0.2) is 79.1 Å². The highest BCUT2D eigenvalue weighted by Gasteiger charge is 2.37. The zero-order valence-electron chi connectivity index (χ0n) is 27.7. The van der Waals surface area contributed by atoms with Gasteiger partial charge in [0.1, 0.15) is 12.2 Å². The van der Waals surface area contributed by atoms with Crippen molar-refractivity contribution in [2.24, 2.45) is 5.92 Å². The van der Waals surface area contributed by atoms with Crippen molar-refractivity contribution >= 4 is 41.0 Å². The Morgan fingerprint density at radius 1 is 0.980 bits per heavy atom. The molecular weight excluding hydrogens is 679 g/mol. The van der Waals surface area contributed by atoms with Crippen molar-refractivity contribution in [3.63, 3.8) is 0 Å². The Morgan fingerprint density at radius 3 is 2.34 bits per heavy atom. The summed E-state index contributed by atoms with van der Waals surface area (Å²) in [6, 6.07) is 21.1. The molecule has 3 aliphatic heterocycles. The SMILES string of the molecule is COc1ccc([C@H](Cc2c(Cl)cncc2Cl)OC(=O)c2ccc(CN(C(=O)O[C@H]3CN4CCC3CC4)c3cccc(C#N)c3)cc2)cc1OC. The molecule has 50 heavy (non-hydrogen) atoms. The second kappa shape index (κ2) is 15.8. The normalized spacial score (nSPS) is 18.4. The number of carbonyl (C=O) groups excluding carboxylic acids is 2. The molecule has 4 heterocycles. The number of ether oxygens (including phenoxy) is 4. The molecule has 0 radical (unpaired) electrons. The van der Waals surface area contributed by atoms with Gasteiger partial charge in [0.2, 0.25) is 0 Å². The molecule has 2 atom stereocenters. The average molecular weight is 716 g/mol. The van der Waals surface area contributed by atoms with Gasteiger partial charge in [0.05, 0.1) is 48.0 Å². The standard InChI is InChI=1S/C38H36Cl2N4O6/c1-47-33-11-10-28(17-35(33)48-2)34(18-30-31(39)20-42-21-32(30)40)49-37(45)27-8-6-24(7-9-27)22-44(29-5-3-4-25(16-29)19-41)38(46)50-36-23-43-14-12-26(36)13-15-43/h3-11,16-17,20-21,26,34,36H,12-15,18,22-23H2,1-2H3/t34-,36-/m0/s1. The van der Waals surface area contributed by atoms with Crippen LogP contribution in [0.5, 0.6) is 11.5 Å². The topological polar surface area (TPSA) is 114 Å². The van der Waals surface area contributed by atoms with Crippen LogP contribution in [0.2, 0.25) is 10.0 Å². The van der Waals surface area contributed by atoms with Crippen molar-refractivity contribution in [2.75, 3.05) is 38.8 Å². The monoisotopic (exact) mass is 714 g/mol.